The summed E-state index contributed by atoms with van der Waals surface area (Å²) in [5.41, 5.74) is 0.944. The van der Waals surface area contributed by atoms with Crippen LogP contribution in [0, 0.1) is 0 Å². The van der Waals surface area contributed by atoms with Gasteiger partial charge in [-0.25, -0.2) is 14.8 Å². The number of aromatic nitrogens is 2. The van der Waals surface area contributed by atoms with Crippen LogP contribution in [-0.2, 0) is 0 Å². The van der Waals surface area contributed by atoms with Crippen LogP contribution in [0.1, 0.15) is 12.8 Å². The number of fused-ring (bicyclic) bond motifs is 1. The number of nitrogens with zero attached hydrogens (tertiary/aromatic N) is 4. The highest BCUT2D eigenvalue weighted by Crippen LogP contribution is 2.29. The zero-order chi connectivity index (χ0) is 15.8. The Morgan fingerprint density at radius 2 is 2.17 bits per heavy atom. The summed E-state index contributed by atoms with van der Waals surface area (Å²) in [6.45, 7) is 3.34. The number of halogens is 1. The van der Waals surface area contributed by atoms with Crippen molar-refractivity contribution in [2.45, 2.75) is 18.9 Å². The third kappa shape index (κ3) is 2.73. The van der Waals surface area contributed by atoms with Crippen molar-refractivity contribution in [3.8, 4) is 0 Å². The van der Waals surface area contributed by atoms with Crippen molar-refractivity contribution >= 4 is 38.7 Å². The van der Waals surface area contributed by atoms with Gasteiger partial charge in [-0.3, -0.25) is 0 Å². The lowest BCUT2D eigenvalue weighted by molar-refractivity contribution is 0.189. The van der Waals surface area contributed by atoms with Crippen LogP contribution in [-0.4, -0.2) is 53.1 Å². The van der Waals surface area contributed by atoms with Gasteiger partial charge in [-0.1, -0.05) is 15.9 Å². The molecule has 2 aliphatic rings. The summed E-state index contributed by atoms with van der Waals surface area (Å²) in [6.07, 6.45) is 3.74. The molecular weight excluding hydrogens is 358 g/mol. The number of benzene rings is 1. The largest absolute Gasteiger partial charge is 0.354 e. The van der Waals surface area contributed by atoms with Gasteiger partial charge in [0.1, 0.15) is 12.1 Å². The van der Waals surface area contributed by atoms with Gasteiger partial charge < -0.3 is 15.1 Å². The minimum Gasteiger partial charge on any atom is -0.354 e. The van der Waals surface area contributed by atoms with E-state index in [9.17, 15) is 4.79 Å². The molecule has 1 aromatic carbocycles. The zero-order valence-corrected chi connectivity index (χ0v) is 14.3. The predicted octanol–water partition coefficient (Wildman–Crippen LogP) is 2.39. The van der Waals surface area contributed by atoms with Gasteiger partial charge in [0, 0.05) is 36.0 Å². The number of carbonyl (C=O) groups is 1. The monoisotopic (exact) mass is 375 g/mol. The summed E-state index contributed by atoms with van der Waals surface area (Å²) in [4.78, 5) is 25.1. The van der Waals surface area contributed by atoms with E-state index in [4.69, 9.17) is 0 Å². The third-order valence-electron chi connectivity index (χ3n) is 4.60. The standard InChI is InChI=1S/C16H18BrN5O/c17-11-3-4-14-13(8-11)15(20-10-19-14)21-6-1-2-12(9-21)22-7-5-18-16(22)23/h3-4,8,10,12H,1-2,5-7,9H2,(H,18,23). The number of piperidine rings is 1. The molecule has 1 aromatic heterocycles. The first-order chi connectivity index (χ1) is 11.2. The second-order valence-corrected chi connectivity index (χ2v) is 6.94. The van der Waals surface area contributed by atoms with Crippen molar-refractivity contribution in [3.63, 3.8) is 0 Å². The highest BCUT2D eigenvalue weighted by molar-refractivity contribution is 9.10. The number of rotatable bonds is 2. The maximum atomic E-state index is 11.9. The molecule has 0 saturated carbocycles. The van der Waals surface area contributed by atoms with Gasteiger partial charge in [0.05, 0.1) is 11.6 Å². The Labute approximate surface area is 143 Å². The lowest BCUT2D eigenvalue weighted by Gasteiger charge is -2.37. The molecule has 2 aliphatic heterocycles. The van der Waals surface area contributed by atoms with Crippen molar-refractivity contribution in [2.75, 3.05) is 31.1 Å². The number of carbonyl (C=O) groups excluding carboxylic acids is 1. The first kappa shape index (κ1) is 14.7. The van der Waals surface area contributed by atoms with Crippen LogP contribution < -0.4 is 10.2 Å². The number of hydrogen-bond donors (Lipinski definition) is 1. The molecule has 0 radical (unpaired) electrons. The topological polar surface area (TPSA) is 61.4 Å². The van der Waals surface area contributed by atoms with Crippen LogP contribution in [0.3, 0.4) is 0 Å². The van der Waals surface area contributed by atoms with Crippen LogP contribution in [0.25, 0.3) is 10.9 Å². The Bertz CT molecular complexity index is 752. The molecule has 1 N–H and O–H groups in total. The van der Waals surface area contributed by atoms with E-state index >= 15 is 0 Å². The van der Waals surface area contributed by atoms with Crippen LogP contribution in [0.5, 0.6) is 0 Å². The molecule has 120 valence electrons. The fraction of sp³-hybridized carbons (Fsp3) is 0.438. The van der Waals surface area contributed by atoms with Gasteiger partial charge in [-0.05, 0) is 31.0 Å². The van der Waals surface area contributed by atoms with Crippen LogP contribution >= 0.6 is 15.9 Å². The minimum absolute atomic E-state index is 0.0622. The zero-order valence-electron chi connectivity index (χ0n) is 12.7. The van der Waals surface area contributed by atoms with Crippen molar-refractivity contribution in [2.24, 2.45) is 0 Å². The molecule has 0 aliphatic carbocycles. The highest BCUT2D eigenvalue weighted by Gasteiger charge is 2.32. The third-order valence-corrected chi connectivity index (χ3v) is 5.10. The number of amides is 2. The van der Waals surface area contributed by atoms with Crippen molar-refractivity contribution in [1.82, 2.24) is 20.2 Å². The van der Waals surface area contributed by atoms with Gasteiger partial charge >= 0.3 is 6.03 Å². The number of anilines is 1. The van der Waals surface area contributed by atoms with E-state index in [1.54, 1.807) is 6.33 Å². The van der Waals surface area contributed by atoms with Crippen LogP contribution in [0.2, 0.25) is 0 Å². The lowest BCUT2D eigenvalue weighted by atomic mass is 10.0. The van der Waals surface area contributed by atoms with Crippen LogP contribution in [0.4, 0.5) is 10.6 Å². The Morgan fingerprint density at radius 3 is 3.00 bits per heavy atom. The van der Waals surface area contributed by atoms with E-state index in [2.05, 4.69) is 42.2 Å². The second-order valence-electron chi connectivity index (χ2n) is 6.03. The predicted molar refractivity (Wildman–Crippen MR) is 92.6 cm³/mol. The van der Waals surface area contributed by atoms with Gasteiger partial charge in [-0.15, -0.1) is 0 Å². The molecule has 2 amide bonds. The average Bonchev–Trinajstić information content (AvgIpc) is 3.00. The molecule has 1 unspecified atom stereocenters. The summed E-state index contributed by atoms with van der Waals surface area (Å²) in [5, 5.41) is 3.94. The summed E-state index contributed by atoms with van der Waals surface area (Å²) in [6, 6.07) is 6.37. The van der Waals surface area contributed by atoms with Crippen molar-refractivity contribution in [1.29, 1.82) is 0 Å². The molecule has 7 heteroatoms. The molecule has 2 fully saturated rings. The summed E-state index contributed by atoms with van der Waals surface area (Å²) >= 11 is 3.53. The number of hydrogen-bond acceptors (Lipinski definition) is 4. The minimum atomic E-state index is 0.0622. The molecule has 3 heterocycles. The SMILES string of the molecule is O=C1NCCN1C1CCCN(c2ncnc3ccc(Br)cc23)C1. The van der Waals surface area contributed by atoms with E-state index in [0.717, 1.165) is 60.2 Å². The smallest absolute Gasteiger partial charge is 0.317 e. The van der Waals surface area contributed by atoms with Gasteiger partial charge in [0.2, 0.25) is 0 Å². The molecule has 23 heavy (non-hydrogen) atoms. The van der Waals surface area contributed by atoms with E-state index in [1.165, 1.54) is 0 Å². The summed E-state index contributed by atoms with van der Waals surface area (Å²) < 4.78 is 1.02. The Hall–Kier alpha value is -1.89. The maximum absolute atomic E-state index is 11.9. The van der Waals surface area contributed by atoms with Crippen molar-refractivity contribution in [3.05, 3.63) is 29.0 Å². The molecule has 0 spiro atoms. The summed E-state index contributed by atoms with van der Waals surface area (Å²) in [5.74, 6) is 0.959. The molecular formula is C16H18BrN5O. The fourth-order valence-electron chi connectivity index (χ4n) is 3.50. The molecule has 1 atom stereocenters. The van der Waals surface area contributed by atoms with Gasteiger partial charge in [0.25, 0.3) is 0 Å². The van der Waals surface area contributed by atoms with Gasteiger partial charge in [-0.2, -0.15) is 0 Å². The van der Waals surface area contributed by atoms with E-state index in [-0.39, 0.29) is 12.1 Å². The van der Waals surface area contributed by atoms with Crippen molar-refractivity contribution < 1.29 is 4.79 Å². The molecule has 4 rings (SSSR count). The van der Waals surface area contributed by atoms with E-state index in [0.29, 0.717) is 0 Å². The summed E-state index contributed by atoms with van der Waals surface area (Å²) in [7, 11) is 0. The first-order valence-corrected chi connectivity index (χ1v) is 8.71. The van der Waals surface area contributed by atoms with E-state index < -0.39 is 0 Å². The highest BCUT2D eigenvalue weighted by atomic mass is 79.9. The Morgan fingerprint density at radius 1 is 1.26 bits per heavy atom. The van der Waals surface area contributed by atoms with Crippen LogP contribution in [0.15, 0.2) is 29.0 Å². The van der Waals surface area contributed by atoms with Gasteiger partial charge in [0.15, 0.2) is 0 Å². The molecule has 6 nitrogen and oxygen atoms in total. The maximum Gasteiger partial charge on any atom is 0.317 e. The molecule has 2 saturated heterocycles. The fourth-order valence-corrected chi connectivity index (χ4v) is 3.86. The Balaban J connectivity index is 1.65. The number of urea groups is 1. The Kier molecular flexibility index (Phi) is 3.80. The normalized spacial score (nSPS) is 21.8. The second kappa shape index (κ2) is 5.96. The number of nitrogens with one attached hydrogen (secondary N) is 1. The first-order valence-electron chi connectivity index (χ1n) is 7.92. The molecule has 2 aromatic rings. The average molecular weight is 376 g/mol. The molecule has 0 bridgehead atoms. The quantitative estimate of drug-likeness (QED) is 0.875. The lowest BCUT2D eigenvalue weighted by Crippen LogP contribution is -2.49. The van der Waals surface area contributed by atoms with E-state index in [1.807, 2.05) is 17.0 Å².